The number of aromatic nitrogens is 3. The third-order valence-corrected chi connectivity index (χ3v) is 8.42. The van der Waals surface area contributed by atoms with Crippen LogP contribution in [0.5, 0.6) is 5.75 Å². The van der Waals surface area contributed by atoms with E-state index in [9.17, 15) is 14.0 Å². The molecular formula is C37H30FN5O4. The quantitative estimate of drug-likeness (QED) is 0.179. The summed E-state index contributed by atoms with van der Waals surface area (Å²) < 4.78 is 25.7. The Bertz CT molecular complexity index is 2110. The number of hydrogen-bond donors (Lipinski definition) is 2. The zero-order chi connectivity index (χ0) is 32.5. The Morgan fingerprint density at radius 3 is 2.53 bits per heavy atom. The number of carbonyl (C=O) groups is 2. The molecule has 1 fully saturated rings. The van der Waals surface area contributed by atoms with E-state index in [2.05, 4.69) is 20.3 Å². The number of benzene rings is 3. The number of primary amides is 1. The minimum absolute atomic E-state index is 0.123. The summed E-state index contributed by atoms with van der Waals surface area (Å²) in [6.07, 6.45) is 8.32. The molecule has 0 spiro atoms. The van der Waals surface area contributed by atoms with Crippen LogP contribution in [0.2, 0.25) is 0 Å². The number of fused-ring (bicyclic) bond motifs is 1. The summed E-state index contributed by atoms with van der Waals surface area (Å²) in [7, 11) is 0. The van der Waals surface area contributed by atoms with Gasteiger partial charge in [-0.15, -0.1) is 0 Å². The third-order valence-electron chi connectivity index (χ3n) is 8.42. The number of aryl methyl sites for hydroxylation is 1. The highest BCUT2D eigenvalue weighted by atomic mass is 19.1. The maximum atomic E-state index is 14.0. The highest BCUT2D eigenvalue weighted by Crippen LogP contribution is 2.45. The summed E-state index contributed by atoms with van der Waals surface area (Å²) in [6.45, 7) is 2.05. The van der Waals surface area contributed by atoms with E-state index in [-0.39, 0.29) is 30.3 Å². The van der Waals surface area contributed by atoms with Crippen molar-refractivity contribution in [2.75, 3.05) is 0 Å². The Morgan fingerprint density at radius 1 is 1.00 bits per heavy atom. The predicted octanol–water partition coefficient (Wildman–Crippen LogP) is 6.42. The van der Waals surface area contributed by atoms with E-state index in [1.165, 1.54) is 12.1 Å². The van der Waals surface area contributed by atoms with Crippen molar-refractivity contribution in [3.05, 3.63) is 143 Å². The van der Waals surface area contributed by atoms with Gasteiger partial charge in [0.15, 0.2) is 0 Å². The molecular weight excluding hydrogens is 597 g/mol. The van der Waals surface area contributed by atoms with Gasteiger partial charge in [-0.1, -0.05) is 24.3 Å². The second-order valence-corrected chi connectivity index (χ2v) is 11.7. The van der Waals surface area contributed by atoms with Gasteiger partial charge >= 0.3 is 0 Å². The van der Waals surface area contributed by atoms with E-state index in [1.54, 1.807) is 49.1 Å². The van der Waals surface area contributed by atoms with E-state index in [0.717, 1.165) is 40.8 Å². The fraction of sp³-hybridized carbons (Fsp3) is 0.162. The molecule has 0 aliphatic heterocycles. The molecule has 1 aliphatic carbocycles. The lowest BCUT2D eigenvalue weighted by Gasteiger charge is -2.20. The van der Waals surface area contributed by atoms with Gasteiger partial charge in [-0.05, 0) is 90.6 Å². The summed E-state index contributed by atoms with van der Waals surface area (Å²) >= 11 is 0. The van der Waals surface area contributed by atoms with E-state index >= 15 is 0 Å². The number of rotatable bonds is 10. The Kier molecular flexibility index (Phi) is 7.69. The second kappa shape index (κ2) is 12.1. The maximum absolute atomic E-state index is 14.0. The van der Waals surface area contributed by atoms with Crippen LogP contribution in [0.1, 0.15) is 61.8 Å². The molecule has 0 unspecified atom stereocenters. The Morgan fingerprint density at radius 2 is 1.83 bits per heavy atom. The third kappa shape index (κ3) is 6.05. The number of hydrogen-bond acceptors (Lipinski definition) is 7. The molecule has 47 heavy (non-hydrogen) atoms. The minimum Gasteiger partial charge on any atom is -0.486 e. The monoisotopic (exact) mass is 627 g/mol. The van der Waals surface area contributed by atoms with Gasteiger partial charge < -0.3 is 20.2 Å². The number of furan rings is 1. The SMILES string of the molecule is Cc1cc(OCc2cnccn2)c(C(=O)NC2(c3ccccn3)CC2)cc1-c1ccc2oc(Cc3ccc(F)cc3)c(C(N)=O)c2c1. The van der Waals surface area contributed by atoms with Crippen LogP contribution in [-0.4, -0.2) is 26.8 Å². The lowest BCUT2D eigenvalue weighted by Crippen LogP contribution is -2.35. The lowest BCUT2D eigenvalue weighted by atomic mass is 9.95. The van der Waals surface area contributed by atoms with Crippen molar-refractivity contribution < 1.29 is 23.1 Å². The highest BCUT2D eigenvalue weighted by Gasteiger charge is 2.47. The molecule has 7 rings (SSSR count). The average Bonchev–Trinajstić information content (AvgIpc) is 3.77. The molecule has 3 aromatic carbocycles. The zero-order valence-corrected chi connectivity index (χ0v) is 25.5. The number of nitrogens with zero attached hydrogens (tertiary/aromatic N) is 3. The summed E-state index contributed by atoms with van der Waals surface area (Å²) in [4.78, 5) is 39.6. The molecule has 3 aromatic heterocycles. The van der Waals surface area contributed by atoms with Gasteiger partial charge in [-0.2, -0.15) is 0 Å². The molecule has 3 heterocycles. The fourth-order valence-corrected chi connectivity index (χ4v) is 5.84. The first-order valence-electron chi connectivity index (χ1n) is 15.2. The highest BCUT2D eigenvalue weighted by molar-refractivity contribution is 6.08. The molecule has 234 valence electrons. The van der Waals surface area contributed by atoms with E-state index in [1.807, 2.05) is 43.3 Å². The zero-order valence-electron chi connectivity index (χ0n) is 25.5. The van der Waals surface area contributed by atoms with Crippen LogP contribution in [0, 0.1) is 12.7 Å². The number of nitrogens with one attached hydrogen (secondary N) is 1. The molecule has 0 bridgehead atoms. The average molecular weight is 628 g/mol. The number of pyridine rings is 1. The summed E-state index contributed by atoms with van der Waals surface area (Å²) in [5.74, 6) is -0.491. The van der Waals surface area contributed by atoms with Crippen molar-refractivity contribution >= 4 is 22.8 Å². The van der Waals surface area contributed by atoms with Crippen molar-refractivity contribution in [1.82, 2.24) is 20.3 Å². The van der Waals surface area contributed by atoms with Gasteiger partial charge in [-0.25, -0.2) is 4.39 Å². The molecule has 0 atom stereocenters. The standard InChI is InChI=1S/C37H30FN5O4/c1-22-16-31(46-21-26-20-40-14-15-41-26)29(36(45)43-37(11-12-37)33-4-2-3-13-42-33)19-27(22)24-7-10-30-28(18-24)34(35(39)44)32(47-30)17-23-5-8-25(38)9-6-23/h2-10,13-16,18-20H,11-12,17,21H2,1H3,(H2,39,44)(H,43,45). The molecule has 0 saturated heterocycles. The predicted molar refractivity (Wildman–Crippen MR) is 173 cm³/mol. The van der Waals surface area contributed by atoms with Gasteiger partial charge in [0, 0.05) is 30.4 Å². The van der Waals surface area contributed by atoms with E-state index in [4.69, 9.17) is 14.9 Å². The van der Waals surface area contributed by atoms with Crippen molar-refractivity contribution in [3.8, 4) is 16.9 Å². The first-order chi connectivity index (χ1) is 22.8. The number of nitrogens with two attached hydrogens (primary N) is 1. The summed E-state index contributed by atoms with van der Waals surface area (Å²) in [5.41, 5.74) is 11.0. The molecule has 3 N–H and O–H groups in total. The summed E-state index contributed by atoms with van der Waals surface area (Å²) in [6, 6.07) is 20.8. The molecule has 9 nitrogen and oxygen atoms in total. The van der Waals surface area contributed by atoms with Crippen LogP contribution in [0.15, 0.2) is 102 Å². The van der Waals surface area contributed by atoms with Crippen LogP contribution in [0.3, 0.4) is 0 Å². The molecule has 1 saturated carbocycles. The Labute approximate surface area is 269 Å². The number of amides is 2. The maximum Gasteiger partial charge on any atom is 0.255 e. The van der Waals surface area contributed by atoms with Crippen LogP contribution < -0.4 is 15.8 Å². The molecule has 0 radical (unpaired) electrons. The topological polar surface area (TPSA) is 133 Å². The molecule has 10 heteroatoms. The van der Waals surface area contributed by atoms with Crippen molar-refractivity contribution in [1.29, 1.82) is 0 Å². The van der Waals surface area contributed by atoms with Crippen molar-refractivity contribution in [2.45, 2.75) is 38.3 Å². The first kappa shape index (κ1) is 29.8. The van der Waals surface area contributed by atoms with Crippen LogP contribution >= 0.6 is 0 Å². The van der Waals surface area contributed by atoms with Gasteiger partial charge in [0.05, 0.1) is 34.3 Å². The molecule has 6 aromatic rings. The van der Waals surface area contributed by atoms with Crippen LogP contribution in [0.4, 0.5) is 4.39 Å². The number of carbonyl (C=O) groups excluding carboxylic acids is 2. The van der Waals surface area contributed by atoms with Crippen LogP contribution in [0.25, 0.3) is 22.1 Å². The van der Waals surface area contributed by atoms with E-state index in [0.29, 0.717) is 33.7 Å². The Hall–Kier alpha value is -5.90. The van der Waals surface area contributed by atoms with Crippen molar-refractivity contribution in [2.24, 2.45) is 5.73 Å². The smallest absolute Gasteiger partial charge is 0.255 e. The molecule has 1 aliphatic rings. The van der Waals surface area contributed by atoms with Gasteiger partial charge in [-0.3, -0.25) is 24.5 Å². The van der Waals surface area contributed by atoms with Crippen molar-refractivity contribution in [3.63, 3.8) is 0 Å². The second-order valence-electron chi connectivity index (χ2n) is 11.7. The van der Waals surface area contributed by atoms with Gasteiger partial charge in [0.25, 0.3) is 11.8 Å². The lowest BCUT2D eigenvalue weighted by molar-refractivity contribution is 0.0924. The normalized spacial score (nSPS) is 13.3. The van der Waals surface area contributed by atoms with Crippen LogP contribution in [-0.2, 0) is 18.6 Å². The van der Waals surface area contributed by atoms with Gasteiger partial charge in [0.2, 0.25) is 0 Å². The van der Waals surface area contributed by atoms with Gasteiger partial charge in [0.1, 0.15) is 29.5 Å². The largest absolute Gasteiger partial charge is 0.486 e. The minimum atomic E-state index is -0.633. The number of halogens is 1. The van der Waals surface area contributed by atoms with E-state index < -0.39 is 11.4 Å². The summed E-state index contributed by atoms with van der Waals surface area (Å²) in [5, 5.41) is 3.76. The Balaban J connectivity index is 1.27. The number of ether oxygens (including phenoxy) is 1. The fourth-order valence-electron chi connectivity index (χ4n) is 5.84. The molecule has 2 amide bonds. The first-order valence-corrected chi connectivity index (χ1v) is 15.2.